The van der Waals surface area contributed by atoms with Crippen LogP contribution < -0.4 is 10.1 Å². The van der Waals surface area contributed by atoms with Crippen molar-refractivity contribution in [3.63, 3.8) is 0 Å². The van der Waals surface area contributed by atoms with Crippen LogP contribution in [-0.4, -0.2) is 31.6 Å². The third-order valence-electron chi connectivity index (χ3n) is 4.57. The minimum Gasteiger partial charge on any atom is -0.496 e. The first-order valence-electron chi connectivity index (χ1n) is 8.38. The van der Waals surface area contributed by atoms with Crippen LogP contribution in [0.1, 0.15) is 56.3 Å². The van der Waals surface area contributed by atoms with Crippen LogP contribution in [-0.2, 0) is 13.0 Å². The Bertz CT molecular complexity index is 455. The van der Waals surface area contributed by atoms with E-state index in [0.29, 0.717) is 6.04 Å². The van der Waals surface area contributed by atoms with Gasteiger partial charge in [-0.2, -0.15) is 0 Å². The van der Waals surface area contributed by atoms with Crippen molar-refractivity contribution < 1.29 is 4.74 Å². The summed E-state index contributed by atoms with van der Waals surface area (Å²) in [7, 11) is 1.79. The zero-order valence-electron chi connectivity index (χ0n) is 14.0. The summed E-state index contributed by atoms with van der Waals surface area (Å²) in [4.78, 5) is 2.44. The van der Waals surface area contributed by atoms with Gasteiger partial charge in [-0.3, -0.25) is 4.90 Å². The van der Waals surface area contributed by atoms with Gasteiger partial charge in [-0.25, -0.2) is 0 Å². The van der Waals surface area contributed by atoms with Gasteiger partial charge in [0.2, 0.25) is 0 Å². The van der Waals surface area contributed by atoms with Crippen molar-refractivity contribution in [2.24, 2.45) is 0 Å². The summed E-state index contributed by atoms with van der Waals surface area (Å²) in [6.45, 7) is 10.9. The maximum atomic E-state index is 5.67. The lowest BCUT2D eigenvalue weighted by Gasteiger charge is -2.29. The van der Waals surface area contributed by atoms with E-state index < -0.39 is 0 Å². The molecule has 1 aliphatic heterocycles. The average molecular weight is 290 g/mol. The molecule has 0 amide bonds. The molecule has 0 aliphatic carbocycles. The molecule has 118 valence electrons. The lowest BCUT2D eigenvalue weighted by molar-refractivity contribution is 0.288. The second-order valence-electron chi connectivity index (χ2n) is 5.87. The van der Waals surface area contributed by atoms with Crippen LogP contribution in [0.25, 0.3) is 0 Å². The van der Waals surface area contributed by atoms with E-state index in [0.717, 1.165) is 38.3 Å². The van der Waals surface area contributed by atoms with Gasteiger partial charge in [0.05, 0.1) is 7.11 Å². The summed E-state index contributed by atoms with van der Waals surface area (Å²) in [5.74, 6) is 1.05. The summed E-state index contributed by atoms with van der Waals surface area (Å²) in [5.41, 5.74) is 4.29. The van der Waals surface area contributed by atoms with Crippen molar-refractivity contribution in [1.29, 1.82) is 0 Å². The summed E-state index contributed by atoms with van der Waals surface area (Å²) in [5, 5.41) is 3.64. The molecule has 1 aromatic carbocycles. The smallest absolute Gasteiger partial charge is 0.123 e. The molecule has 0 radical (unpaired) electrons. The number of nitrogens with one attached hydrogen (secondary N) is 1. The Morgan fingerprint density at radius 3 is 2.62 bits per heavy atom. The first-order valence-corrected chi connectivity index (χ1v) is 8.38. The minimum absolute atomic E-state index is 0.496. The molecule has 2 rings (SSSR count). The van der Waals surface area contributed by atoms with E-state index in [4.69, 9.17) is 4.74 Å². The Morgan fingerprint density at radius 2 is 2.00 bits per heavy atom. The van der Waals surface area contributed by atoms with Gasteiger partial charge in [0.25, 0.3) is 0 Å². The molecule has 1 atom stereocenters. The molecule has 1 aliphatic rings. The topological polar surface area (TPSA) is 24.5 Å². The lowest BCUT2D eigenvalue weighted by Crippen LogP contribution is -2.30. The van der Waals surface area contributed by atoms with Crippen LogP contribution in [0.15, 0.2) is 12.1 Å². The van der Waals surface area contributed by atoms with E-state index in [1.54, 1.807) is 7.11 Å². The van der Waals surface area contributed by atoms with Crippen LogP contribution in [0.2, 0.25) is 0 Å². The van der Waals surface area contributed by atoms with Crippen molar-refractivity contribution in [1.82, 2.24) is 10.2 Å². The molecule has 3 nitrogen and oxygen atoms in total. The number of nitrogens with zero attached hydrogens (tertiary/aromatic N) is 1. The van der Waals surface area contributed by atoms with Crippen molar-refractivity contribution in [2.75, 3.05) is 26.7 Å². The molecule has 21 heavy (non-hydrogen) atoms. The maximum absolute atomic E-state index is 5.67. The lowest BCUT2D eigenvalue weighted by atomic mass is 9.89. The van der Waals surface area contributed by atoms with Crippen molar-refractivity contribution >= 4 is 0 Å². The van der Waals surface area contributed by atoms with Gasteiger partial charge in [0.1, 0.15) is 5.75 Å². The van der Waals surface area contributed by atoms with Gasteiger partial charge in [0, 0.05) is 18.2 Å². The van der Waals surface area contributed by atoms with Crippen LogP contribution in [0.3, 0.4) is 0 Å². The molecule has 0 bridgehead atoms. The standard InChI is InChI=1S/C18H30N2O/c1-5-8-17-16-12-18(21-4)15(13-20(6-2)7-3)11-14(16)9-10-19-17/h11-12,17,19H,5-10,13H2,1-4H3. The second-order valence-corrected chi connectivity index (χ2v) is 5.87. The van der Waals surface area contributed by atoms with Crippen LogP contribution >= 0.6 is 0 Å². The number of hydrogen-bond donors (Lipinski definition) is 1. The van der Waals surface area contributed by atoms with Crippen LogP contribution in [0, 0.1) is 0 Å². The number of ether oxygens (including phenoxy) is 1. The largest absolute Gasteiger partial charge is 0.496 e. The molecule has 0 aromatic heterocycles. The number of benzene rings is 1. The average Bonchev–Trinajstić information content (AvgIpc) is 2.52. The molecule has 0 saturated carbocycles. The van der Waals surface area contributed by atoms with Gasteiger partial charge in [-0.1, -0.05) is 33.3 Å². The fraction of sp³-hybridized carbons (Fsp3) is 0.667. The SMILES string of the molecule is CCCC1NCCc2cc(CN(CC)CC)c(OC)cc21. The Morgan fingerprint density at radius 1 is 1.24 bits per heavy atom. The highest BCUT2D eigenvalue weighted by Gasteiger charge is 2.21. The monoisotopic (exact) mass is 290 g/mol. The van der Waals surface area contributed by atoms with E-state index in [1.807, 2.05) is 0 Å². The van der Waals surface area contributed by atoms with Crippen molar-refractivity contribution in [3.8, 4) is 5.75 Å². The first-order chi connectivity index (χ1) is 10.2. The first kappa shape index (κ1) is 16.3. The molecule has 1 aromatic rings. The van der Waals surface area contributed by atoms with Crippen molar-refractivity contribution in [2.45, 2.75) is 52.6 Å². The van der Waals surface area contributed by atoms with Crippen LogP contribution in [0.4, 0.5) is 0 Å². The molecule has 0 spiro atoms. The van der Waals surface area contributed by atoms with E-state index in [9.17, 15) is 0 Å². The quantitative estimate of drug-likeness (QED) is 0.831. The Labute approximate surface area is 129 Å². The molecule has 0 saturated heterocycles. The molecular weight excluding hydrogens is 260 g/mol. The normalized spacial score (nSPS) is 17.9. The third kappa shape index (κ3) is 3.78. The molecule has 3 heteroatoms. The number of methoxy groups -OCH3 is 1. The highest BCUT2D eigenvalue weighted by atomic mass is 16.5. The van der Waals surface area contributed by atoms with Gasteiger partial charge in [-0.05, 0) is 49.7 Å². The number of fused-ring (bicyclic) bond motifs is 1. The highest BCUT2D eigenvalue weighted by molar-refractivity contribution is 5.45. The molecule has 1 heterocycles. The van der Waals surface area contributed by atoms with E-state index >= 15 is 0 Å². The maximum Gasteiger partial charge on any atom is 0.123 e. The zero-order chi connectivity index (χ0) is 15.2. The number of hydrogen-bond acceptors (Lipinski definition) is 3. The van der Waals surface area contributed by atoms with Gasteiger partial charge >= 0.3 is 0 Å². The summed E-state index contributed by atoms with van der Waals surface area (Å²) < 4.78 is 5.67. The summed E-state index contributed by atoms with van der Waals surface area (Å²) >= 11 is 0. The predicted octanol–water partition coefficient (Wildman–Crippen LogP) is 3.52. The third-order valence-corrected chi connectivity index (χ3v) is 4.57. The summed E-state index contributed by atoms with van der Waals surface area (Å²) in [6.07, 6.45) is 3.54. The van der Waals surface area contributed by atoms with Gasteiger partial charge in [0.15, 0.2) is 0 Å². The Balaban J connectivity index is 2.31. The number of rotatable bonds is 7. The molecule has 1 unspecified atom stereocenters. The molecule has 1 N–H and O–H groups in total. The molecule has 0 fully saturated rings. The molecular formula is C18H30N2O. The van der Waals surface area contributed by atoms with E-state index in [-0.39, 0.29) is 0 Å². The predicted molar refractivity (Wildman–Crippen MR) is 89.0 cm³/mol. The summed E-state index contributed by atoms with van der Waals surface area (Å²) in [6, 6.07) is 5.16. The minimum atomic E-state index is 0.496. The zero-order valence-corrected chi connectivity index (χ0v) is 14.0. The second kappa shape index (κ2) is 7.81. The Kier molecular flexibility index (Phi) is 6.07. The Hall–Kier alpha value is -1.06. The highest BCUT2D eigenvalue weighted by Crippen LogP contribution is 2.33. The van der Waals surface area contributed by atoms with Crippen molar-refractivity contribution in [3.05, 3.63) is 28.8 Å². The fourth-order valence-electron chi connectivity index (χ4n) is 3.27. The van der Waals surface area contributed by atoms with E-state index in [1.165, 1.54) is 29.5 Å². The van der Waals surface area contributed by atoms with Gasteiger partial charge in [-0.15, -0.1) is 0 Å². The van der Waals surface area contributed by atoms with Gasteiger partial charge < -0.3 is 10.1 Å². The van der Waals surface area contributed by atoms with Crippen LogP contribution in [0.5, 0.6) is 5.75 Å². The fourth-order valence-corrected chi connectivity index (χ4v) is 3.27. The van der Waals surface area contributed by atoms with E-state index in [2.05, 4.69) is 43.1 Å².